The van der Waals surface area contributed by atoms with E-state index in [1.165, 1.54) is 41.5 Å². The monoisotopic (exact) mass is 559 g/mol. The van der Waals surface area contributed by atoms with Crippen LogP contribution in [0.1, 0.15) is 36.9 Å². The fraction of sp³-hybridized carbons (Fsp3) is 0.207. The molecule has 40 heavy (non-hydrogen) atoms. The van der Waals surface area contributed by atoms with E-state index in [2.05, 4.69) is 4.98 Å². The summed E-state index contributed by atoms with van der Waals surface area (Å²) in [6.07, 6.45) is 1.80. The van der Waals surface area contributed by atoms with Crippen LogP contribution in [0.3, 0.4) is 0 Å². The lowest BCUT2D eigenvalue weighted by molar-refractivity contribution is -0.384. The first kappa shape index (κ1) is 26.8. The number of nitro benzene ring substituents is 1. The number of non-ortho nitro benzene ring substituents is 1. The largest absolute Gasteiger partial charge is 0.507 e. The smallest absolute Gasteiger partial charge is 0.301 e. The molecule has 0 aliphatic carbocycles. The molecule has 1 atom stereocenters. The molecule has 2 heterocycles. The van der Waals surface area contributed by atoms with Crippen molar-refractivity contribution < 1.29 is 29.1 Å². The van der Waals surface area contributed by atoms with Crippen molar-refractivity contribution in [3.63, 3.8) is 0 Å². The molecule has 0 spiro atoms. The van der Waals surface area contributed by atoms with Gasteiger partial charge in [-0.1, -0.05) is 48.9 Å². The summed E-state index contributed by atoms with van der Waals surface area (Å²) in [5.74, 6) is -1.15. The molecule has 11 heteroatoms. The van der Waals surface area contributed by atoms with Gasteiger partial charge in [-0.15, -0.1) is 0 Å². The Morgan fingerprint density at radius 3 is 2.65 bits per heavy atom. The lowest BCUT2D eigenvalue weighted by atomic mass is 9.95. The van der Waals surface area contributed by atoms with Gasteiger partial charge in [0.25, 0.3) is 11.5 Å². The van der Waals surface area contributed by atoms with Gasteiger partial charge in [0.05, 0.1) is 40.5 Å². The van der Waals surface area contributed by atoms with E-state index in [1.807, 2.05) is 6.92 Å². The van der Waals surface area contributed by atoms with Gasteiger partial charge < -0.3 is 14.6 Å². The van der Waals surface area contributed by atoms with E-state index in [-0.39, 0.29) is 27.5 Å². The highest BCUT2D eigenvalue weighted by atomic mass is 32.1. The zero-order valence-electron chi connectivity index (χ0n) is 21.7. The van der Waals surface area contributed by atoms with E-state index >= 15 is 0 Å². The summed E-state index contributed by atoms with van der Waals surface area (Å²) in [4.78, 5) is 43.8. The van der Waals surface area contributed by atoms with E-state index in [4.69, 9.17) is 9.47 Å². The average molecular weight is 560 g/mol. The molecule has 1 aromatic heterocycles. The summed E-state index contributed by atoms with van der Waals surface area (Å²) in [5, 5.41) is 23.2. The normalized spacial score (nSPS) is 16.4. The van der Waals surface area contributed by atoms with Crippen molar-refractivity contribution in [1.82, 2.24) is 4.98 Å². The molecule has 0 saturated carbocycles. The summed E-state index contributed by atoms with van der Waals surface area (Å²) in [6, 6.07) is 16.3. The van der Waals surface area contributed by atoms with Crippen molar-refractivity contribution in [2.75, 3.05) is 18.6 Å². The van der Waals surface area contributed by atoms with Gasteiger partial charge in [0.1, 0.15) is 17.3 Å². The number of ketones is 1. The van der Waals surface area contributed by atoms with Crippen LogP contribution < -0.4 is 14.4 Å². The van der Waals surface area contributed by atoms with Crippen LogP contribution in [0.2, 0.25) is 0 Å². The van der Waals surface area contributed by atoms with Gasteiger partial charge in [-0.3, -0.25) is 24.6 Å². The summed E-state index contributed by atoms with van der Waals surface area (Å²) < 4.78 is 11.8. The van der Waals surface area contributed by atoms with Crippen molar-refractivity contribution in [2.45, 2.75) is 25.8 Å². The number of amides is 1. The third kappa shape index (κ3) is 4.98. The van der Waals surface area contributed by atoms with Crippen molar-refractivity contribution in [1.29, 1.82) is 0 Å². The van der Waals surface area contributed by atoms with Gasteiger partial charge in [0, 0.05) is 17.7 Å². The third-order valence-electron chi connectivity index (χ3n) is 6.51. The Labute approximate surface area is 233 Å². The molecule has 5 rings (SSSR count). The van der Waals surface area contributed by atoms with Gasteiger partial charge >= 0.3 is 5.91 Å². The van der Waals surface area contributed by atoms with Crippen LogP contribution in [0.15, 0.2) is 72.3 Å². The number of hydrogen-bond acceptors (Lipinski definition) is 9. The summed E-state index contributed by atoms with van der Waals surface area (Å²) in [7, 11) is 1.54. The number of fused-ring (bicyclic) bond motifs is 1. The van der Waals surface area contributed by atoms with Crippen molar-refractivity contribution in [3.05, 3.63) is 93.5 Å². The molecule has 4 aromatic rings. The van der Waals surface area contributed by atoms with E-state index in [1.54, 1.807) is 48.5 Å². The Balaban J connectivity index is 1.67. The second-order valence-electron chi connectivity index (χ2n) is 9.08. The van der Waals surface area contributed by atoms with Crippen LogP contribution in [0, 0.1) is 10.1 Å². The number of nitro groups is 1. The fourth-order valence-electron chi connectivity index (χ4n) is 4.50. The molecular weight excluding hydrogens is 534 g/mol. The summed E-state index contributed by atoms with van der Waals surface area (Å²) >= 11 is 1.17. The van der Waals surface area contributed by atoms with Gasteiger partial charge in [0.2, 0.25) is 0 Å². The molecule has 0 bridgehead atoms. The second kappa shape index (κ2) is 11.1. The number of Topliss-reactive ketones (excluding diaryl/α,β-unsaturated/α-hetero) is 1. The van der Waals surface area contributed by atoms with Crippen molar-refractivity contribution in [2.24, 2.45) is 0 Å². The van der Waals surface area contributed by atoms with Crippen LogP contribution in [-0.2, 0) is 9.59 Å². The molecule has 10 nitrogen and oxygen atoms in total. The number of hydrogen-bond donors (Lipinski definition) is 1. The van der Waals surface area contributed by atoms with Crippen LogP contribution in [0.25, 0.3) is 16.0 Å². The first-order chi connectivity index (χ1) is 19.3. The number of rotatable bonds is 9. The van der Waals surface area contributed by atoms with E-state index < -0.39 is 28.4 Å². The number of anilines is 1. The summed E-state index contributed by atoms with van der Waals surface area (Å²) in [5.41, 5.74) is 0.715. The highest BCUT2D eigenvalue weighted by molar-refractivity contribution is 7.22. The molecule has 1 unspecified atom stereocenters. The summed E-state index contributed by atoms with van der Waals surface area (Å²) in [6.45, 7) is 2.53. The van der Waals surface area contributed by atoms with Gasteiger partial charge in [-0.05, 0) is 42.3 Å². The third-order valence-corrected chi connectivity index (χ3v) is 7.52. The number of thiazole rings is 1. The van der Waals surface area contributed by atoms with E-state index in [9.17, 15) is 24.8 Å². The zero-order chi connectivity index (χ0) is 28.4. The standard InChI is InChI=1S/C29H25N3O7S/c1-3-4-13-39-21-10-6-8-18(15-21)26(33)24-25(17-7-5-9-19(14-17)32(36)37)31(28(35)27(24)34)29-30-22-12-11-20(38-2)16-23(22)40-29/h5-12,14-16,25,33H,3-4,13H2,1-2H3. The number of carbonyl (C=O) groups is 2. The topological polar surface area (TPSA) is 132 Å². The molecule has 0 radical (unpaired) electrons. The molecule has 1 N–H and O–H groups in total. The Kier molecular flexibility index (Phi) is 7.47. The molecule has 1 fully saturated rings. The van der Waals surface area contributed by atoms with Gasteiger partial charge in [0.15, 0.2) is 5.13 Å². The van der Waals surface area contributed by atoms with E-state index in [0.717, 1.165) is 12.8 Å². The number of unbranched alkanes of at least 4 members (excludes halogenated alkanes) is 1. The predicted molar refractivity (Wildman–Crippen MR) is 151 cm³/mol. The highest BCUT2D eigenvalue weighted by Gasteiger charge is 2.48. The number of carbonyl (C=O) groups excluding carboxylic acids is 2. The number of methoxy groups -OCH3 is 1. The average Bonchev–Trinajstić information content (AvgIpc) is 3.50. The molecule has 1 saturated heterocycles. The maximum Gasteiger partial charge on any atom is 0.301 e. The Morgan fingerprint density at radius 2 is 1.90 bits per heavy atom. The number of ether oxygens (including phenoxy) is 2. The molecule has 1 aliphatic rings. The zero-order valence-corrected chi connectivity index (χ0v) is 22.5. The highest BCUT2D eigenvalue weighted by Crippen LogP contribution is 2.45. The first-order valence-corrected chi connectivity index (χ1v) is 13.4. The van der Waals surface area contributed by atoms with Crippen LogP contribution >= 0.6 is 11.3 Å². The maximum atomic E-state index is 13.5. The predicted octanol–water partition coefficient (Wildman–Crippen LogP) is 6.02. The minimum absolute atomic E-state index is 0.201. The lowest BCUT2D eigenvalue weighted by Gasteiger charge is -2.22. The van der Waals surface area contributed by atoms with Crippen molar-refractivity contribution in [3.8, 4) is 11.5 Å². The number of nitrogens with zero attached hydrogens (tertiary/aromatic N) is 3. The minimum Gasteiger partial charge on any atom is -0.507 e. The molecular formula is C29H25N3O7S. The number of aliphatic hydroxyl groups is 1. The Bertz CT molecular complexity index is 1660. The van der Waals surface area contributed by atoms with Gasteiger partial charge in [-0.2, -0.15) is 0 Å². The molecule has 1 amide bonds. The Morgan fingerprint density at radius 1 is 1.10 bits per heavy atom. The first-order valence-electron chi connectivity index (χ1n) is 12.6. The number of aromatic nitrogens is 1. The lowest BCUT2D eigenvalue weighted by Crippen LogP contribution is -2.29. The minimum atomic E-state index is -1.16. The van der Waals surface area contributed by atoms with E-state index in [0.29, 0.717) is 28.3 Å². The number of benzene rings is 3. The Hall–Kier alpha value is -4.77. The SMILES string of the molecule is CCCCOc1cccc(C(O)=C2C(=O)C(=O)N(c3nc4ccc(OC)cc4s3)C2c2cccc([N+](=O)[O-])c2)c1. The van der Waals surface area contributed by atoms with Crippen molar-refractivity contribution >= 4 is 49.8 Å². The molecule has 3 aromatic carbocycles. The second-order valence-corrected chi connectivity index (χ2v) is 10.1. The van der Waals surface area contributed by atoms with Crippen LogP contribution in [0.5, 0.6) is 11.5 Å². The van der Waals surface area contributed by atoms with Crippen LogP contribution in [0.4, 0.5) is 10.8 Å². The maximum absolute atomic E-state index is 13.5. The van der Waals surface area contributed by atoms with Crippen LogP contribution in [-0.4, -0.2) is 40.4 Å². The molecule has 1 aliphatic heterocycles. The number of aliphatic hydroxyl groups excluding tert-OH is 1. The molecule has 204 valence electrons. The van der Waals surface area contributed by atoms with Gasteiger partial charge in [-0.25, -0.2) is 4.98 Å². The quantitative estimate of drug-likeness (QED) is 0.0658. The fourth-order valence-corrected chi connectivity index (χ4v) is 5.52.